The lowest BCUT2D eigenvalue weighted by molar-refractivity contribution is 0.0727. The maximum absolute atomic E-state index is 12.7. The molecule has 0 spiro atoms. The Kier molecular flexibility index (Phi) is 3.76. The highest BCUT2D eigenvalue weighted by Crippen LogP contribution is 2.41. The van der Waals surface area contributed by atoms with Gasteiger partial charge in [0.2, 0.25) is 0 Å². The number of aromatic nitrogens is 3. The predicted octanol–water partition coefficient (Wildman–Crippen LogP) is 1.03. The summed E-state index contributed by atoms with van der Waals surface area (Å²) in [5, 5.41) is 14.4. The Morgan fingerprint density at radius 2 is 2.29 bits per heavy atom. The predicted molar refractivity (Wildman–Crippen MR) is 82.7 cm³/mol. The van der Waals surface area contributed by atoms with E-state index in [-0.39, 0.29) is 12.5 Å². The molecule has 2 aromatic heterocycles. The van der Waals surface area contributed by atoms with Crippen LogP contribution in [0.1, 0.15) is 41.9 Å². The molecule has 128 valence electrons. The highest BCUT2D eigenvalue weighted by Gasteiger charge is 2.40. The fourth-order valence-corrected chi connectivity index (χ4v) is 2.99. The van der Waals surface area contributed by atoms with Crippen molar-refractivity contribution in [2.75, 3.05) is 13.1 Å². The molecule has 1 N–H and O–H groups in total. The van der Waals surface area contributed by atoms with Crippen LogP contribution < -0.4 is 4.74 Å². The Bertz CT molecular complexity index is 736. The van der Waals surface area contributed by atoms with E-state index in [0.717, 1.165) is 19.4 Å². The van der Waals surface area contributed by atoms with Crippen LogP contribution in [0.25, 0.3) is 0 Å². The van der Waals surface area contributed by atoms with Crippen LogP contribution in [0.4, 0.5) is 0 Å². The smallest absolute Gasteiger partial charge is 0.276 e. The van der Waals surface area contributed by atoms with Crippen LogP contribution in [0.2, 0.25) is 0 Å². The number of oxazole rings is 1. The van der Waals surface area contributed by atoms with Crippen LogP contribution in [-0.2, 0) is 6.54 Å². The normalized spacial score (nSPS) is 23.7. The number of carbonyl (C=O) groups excluding carboxylic acids is 1. The van der Waals surface area contributed by atoms with Gasteiger partial charge in [0.15, 0.2) is 17.8 Å². The van der Waals surface area contributed by atoms with Gasteiger partial charge in [-0.25, -0.2) is 4.98 Å². The second-order valence-corrected chi connectivity index (χ2v) is 6.31. The summed E-state index contributed by atoms with van der Waals surface area (Å²) in [5.74, 6) is 1.37. The van der Waals surface area contributed by atoms with Crippen molar-refractivity contribution in [3.63, 3.8) is 0 Å². The number of aliphatic hydroxyl groups excluding tert-OH is 1. The van der Waals surface area contributed by atoms with Crippen LogP contribution in [-0.4, -0.2) is 56.0 Å². The van der Waals surface area contributed by atoms with Gasteiger partial charge >= 0.3 is 0 Å². The van der Waals surface area contributed by atoms with E-state index in [1.54, 1.807) is 22.0 Å². The molecule has 1 amide bonds. The third kappa shape index (κ3) is 2.77. The highest BCUT2D eigenvalue weighted by atomic mass is 16.5. The van der Waals surface area contributed by atoms with E-state index in [1.165, 1.54) is 6.39 Å². The molecule has 8 heteroatoms. The first-order valence-corrected chi connectivity index (χ1v) is 8.25. The number of β-amino-alcohol motifs (C(OH)–C–C–N with tert-alkyl or cyclic N) is 1. The molecule has 8 nitrogen and oxygen atoms in total. The first-order valence-electron chi connectivity index (χ1n) is 8.25. The van der Waals surface area contributed by atoms with Gasteiger partial charge in [-0.2, -0.15) is 5.10 Å². The van der Waals surface area contributed by atoms with Gasteiger partial charge in [0, 0.05) is 12.5 Å². The number of aryl methyl sites for hydroxylation is 1. The molecule has 24 heavy (non-hydrogen) atoms. The average molecular weight is 332 g/mol. The first-order chi connectivity index (χ1) is 11.7. The van der Waals surface area contributed by atoms with E-state index >= 15 is 0 Å². The van der Waals surface area contributed by atoms with Crippen molar-refractivity contribution in [3.8, 4) is 5.75 Å². The van der Waals surface area contributed by atoms with E-state index < -0.39 is 12.2 Å². The maximum atomic E-state index is 12.7. The van der Waals surface area contributed by atoms with E-state index in [0.29, 0.717) is 29.7 Å². The van der Waals surface area contributed by atoms with Gasteiger partial charge in [0.25, 0.3) is 5.91 Å². The average Bonchev–Trinajstić information content (AvgIpc) is 3.00. The summed E-state index contributed by atoms with van der Waals surface area (Å²) in [7, 11) is 0. The molecule has 2 atom stereocenters. The monoisotopic (exact) mass is 332 g/mol. The molecule has 0 aromatic carbocycles. The molecular formula is C16H20N4O4. The van der Waals surface area contributed by atoms with Crippen molar-refractivity contribution in [1.29, 1.82) is 0 Å². The summed E-state index contributed by atoms with van der Waals surface area (Å²) in [6.45, 7) is 3.27. The van der Waals surface area contributed by atoms with Crippen molar-refractivity contribution in [3.05, 3.63) is 30.2 Å². The fraction of sp³-hybridized carbons (Fsp3) is 0.562. The summed E-state index contributed by atoms with van der Waals surface area (Å²) in [4.78, 5) is 18.3. The molecule has 1 aliphatic carbocycles. The van der Waals surface area contributed by atoms with Crippen LogP contribution in [0.3, 0.4) is 0 Å². The minimum atomic E-state index is -0.741. The van der Waals surface area contributed by atoms with E-state index in [9.17, 15) is 9.90 Å². The van der Waals surface area contributed by atoms with Crippen molar-refractivity contribution in [2.45, 2.75) is 44.4 Å². The van der Waals surface area contributed by atoms with Gasteiger partial charge in [-0.15, -0.1) is 0 Å². The molecule has 0 radical (unpaired) electrons. The summed E-state index contributed by atoms with van der Waals surface area (Å²) in [6.07, 6.45) is 5.57. The molecule has 0 bridgehead atoms. The van der Waals surface area contributed by atoms with Crippen molar-refractivity contribution >= 4 is 5.91 Å². The Balaban J connectivity index is 1.44. The molecule has 1 saturated carbocycles. The second-order valence-electron chi connectivity index (χ2n) is 6.31. The van der Waals surface area contributed by atoms with Crippen LogP contribution >= 0.6 is 0 Å². The van der Waals surface area contributed by atoms with Crippen molar-refractivity contribution in [1.82, 2.24) is 19.7 Å². The van der Waals surface area contributed by atoms with E-state index in [4.69, 9.17) is 9.15 Å². The van der Waals surface area contributed by atoms with Gasteiger partial charge in [-0.1, -0.05) is 0 Å². The lowest BCUT2D eigenvalue weighted by atomic mass is 10.2. The number of aliphatic hydroxyl groups is 1. The highest BCUT2D eigenvalue weighted by molar-refractivity contribution is 5.93. The molecule has 2 fully saturated rings. The summed E-state index contributed by atoms with van der Waals surface area (Å²) in [6, 6.07) is 0. The molecule has 4 rings (SSSR count). The van der Waals surface area contributed by atoms with Gasteiger partial charge in [-0.05, 0) is 19.8 Å². The number of carbonyl (C=O) groups is 1. The van der Waals surface area contributed by atoms with E-state index in [2.05, 4.69) is 10.1 Å². The Morgan fingerprint density at radius 1 is 1.46 bits per heavy atom. The summed E-state index contributed by atoms with van der Waals surface area (Å²) < 4.78 is 12.9. The number of likely N-dealkylation sites (tertiary alicyclic amines) is 1. The summed E-state index contributed by atoms with van der Waals surface area (Å²) >= 11 is 0. The van der Waals surface area contributed by atoms with Crippen LogP contribution in [0.15, 0.2) is 23.2 Å². The molecule has 1 aliphatic heterocycles. The van der Waals surface area contributed by atoms with Gasteiger partial charge in [-0.3, -0.25) is 9.48 Å². The largest absolute Gasteiger partial charge is 0.482 e. The third-order valence-electron chi connectivity index (χ3n) is 4.49. The summed E-state index contributed by atoms with van der Waals surface area (Å²) in [5.41, 5.74) is 0.365. The number of hydrogen-bond acceptors (Lipinski definition) is 6. The quantitative estimate of drug-likeness (QED) is 0.879. The number of hydrogen-bond donors (Lipinski definition) is 1. The minimum Gasteiger partial charge on any atom is -0.482 e. The topological polar surface area (TPSA) is 93.6 Å². The fourth-order valence-electron chi connectivity index (χ4n) is 2.99. The first kappa shape index (κ1) is 15.2. The SMILES string of the molecule is CCn1cc(O[C@@H]2CN(C(=O)c3ncoc3C3CC3)C[C@H]2O)cn1. The molecule has 3 heterocycles. The Morgan fingerprint density at radius 3 is 3.00 bits per heavy atom. The Labute approximate surface area is 139 Å². The number of ether oxygens (including phenoxy) is 1. The second kappa shape index (κ2) is 5.94. The molecule has 0 unspecified atom stereocenters. The number of rotatable bonds is 5. The zero-order chi connectivity index (χ0) is 16.7. The van der Waals surface area contributed by atoms with Crippen molar-refractivity contribution in [2.24, 2.45) is 0 Å². The van der Waals surface area contributed by atoms with Gasteiger partial charge in [0.05, 0.1) is 25.5 Å². The molecule has 2 aromatic rings. The lowest BCUT2D eigenvalue weighted by Crippen LogP contribution is -2.31. The minimum absolute atomic E-state index is 0.208. The van der Waals surface area contributed by atoms with Gasteiger partial charge in [0.1, 0.15) is 18.0 Å². The Hall–Kier alpha value is -2.35. The zero-order valence-corrected chi connectivity index (χ0v) is 13.5. The van der Waals surface area contributed by atoms with Gasteiger partial charge < -0.3 is 19.2 Å². The van der Waals surface area contributed by atoms with Crippen molar-refractivity contribution < 1.29 is 19.1 Å². The van der Waals surface area contributed by atoms with Crippen LogP contribution in [0, 0.1) is 0 Å². The molecule has 1 saturated heterocycles. The van der Waals surface area contributed by atoms with Crippen LogP contribution in [0.5, 0.6) is 5.75 Å². The standard InChI is InChI=1S/C16H20N4O4/c1-2-20-6-11(5-18-20)24-13-8-19(7-12(13)21)16(22)14-15(10-3-4-10)23-9-17-14/h5-6,9-10,12-13,21H,2-4,7-8H2,1H3/t12-,13-/m1/s1. The maximum Gasteiger partial charge on any atom is 0.276 e. The lowest BCUT2D eigenvalue weighted by Gasteiger charge is -2.15. The zero-order valence-electron chi connectivity index (χ0n) is 13.5. The number of nitrogens with zero attached hydrogens (tertiary/aromatic N) is 4. The molecular weight excluding hydrogens is 312 g/mol. The third-order valence-corrected chi connectivity index (χ3v) is 4.49. The molecule has 2 aliphatic rings. The number of amides is 1. The van der Waals surface area contributed by atoms with E-state index in [1.807, 2.05) is 6.92 Å².